The third-order valence-corrected chi connectivity index (χ3v) is 4.65. The maximum Gasteiger partial charge on any atom is 0.332 e. The van der Waals surface area contributed by atoms with Gasteiger partial charge in [-0.1, -0.05) is 24.3 Å². The summed E-state index contributed by atoms with van der Waals surface area (Å²) in [5, 5.41) is 0. The lowest BCUT2D eigenvalue weighted by Crippen LogP contribution is -2.43. The fourth-order valence-corrected chi connectivity index (χ4v) is 3.15. The molecule has 2 aromatic rings. The zero-order valence-electron chi connectivity index (χ0n) is 13.8. The lowest BCUT2D eigenvalue weighted by molar-refractivity contribution is 0.547. The van der Waals surface area contributed by atoms with Crippen LogP contribution in [0.5, 0.6) is 0 Å². The second-order valence-corrected chi connectivity index (χ2v) is 6.24. The average molecular weight is 313 g/mol. The van der Waals surface area contributed by atoms with E-state index in [1.807, 2.05) is 31.2 Å². The standard InChI is InChI=1S/C18H23N3O2/c1-14-8-4-5-9-15(14)13-21-16(20-10-6-3-7-11-20)12-17(22)19(2)18(21)23/h4-5,8-9,12H,3,6-7,10-11,13H2,1-2H3. The molecule has 5 heteroatoms. The lowest BCUT2D eigenvalue weighted by atomic mass is 10.1. The van der Waals surface area contributed by atoms with Crippen LogP contribution in [0, 0.1) is 6.92 Å². The highest BCUT2D eigenvalue weighted by Crippen LogP contribution is 2.19. The third-order valence-electron chi connectivity index (χ3n) is 4.65. The van der Waals surface area contributed by atoms with Crippen LogP contribution in [0.4, 0.5) is 5.82 Å². The van der Waals surface area contributed by atoms with Crippen molar-refractivity contribution in [2.45, 2.75) is 32.7 Å². The number of benzene rings is 1. The Hall–Kier alpha value is -2.30. The van der Waals surface area contributed by atoms with E-state index in [-0.39, 0.29) is 11.2 Å². The van der Waals surface area contributed by atoms with Gasteiger partial charge >= 0.3 is 5.69 Å². The zero-order chi connectivity index (χ0) is 16.4. The summed E-state index contributed by atoms with van der Waals surface area (Å²) < 4.78 is 2.92. The Labute approximate surface area is 135 Å². The number of aryl methyl sites for hydroxylation is 1. The summed E-state index contributed by atoms with van der Waals surface area (Å²) in [6.45, 7) is 4.34. The minimum Gasteiger partial charge on any atom is -0.358 e. The van der Waals surface area contributed by atoms with Crippen LogP contribution in [0.1, 0.15) is 30.4 Å². The Morgan fingerprint density at radius 3 is 2.43 bits per heavy atom. The van der Waals surface area contributed by atoms with E-state index < -0.39 is 0 Å². The minimum absolute atomic E-state index is 0.239. The van der Waals surface area contributed by atoms with Gasteiger partial charge < -0.3 is 4.90 Å². The topological polar surface area (TPSA) is 47.2 Å². The number of hydrogen-bond acceptors (Lipinski definition) is 3. The van der Waals surface area contributed by atoms with Gasteiger partial charge in [-0.05, 0) is 37.3 Å². The first-order valence-electron chi connectivity index (χ1n) is 8.18. The van der Waals surface area contributed by atoms with Crippen LogP contribution in [0.2, 0.25) is 0 Å². The van der Waals surface area contributed by atoms with Crippen molar-refractivity contribution in [3.8, 4) is 0 Å². The molecule has 1 fully saturated rings. The van der Waals surface area contributed by atoms with Crippen LogP contribution in [0.15, 0.2) is 39.9 Å². The number of nitrogens with zero attached hydrogens (tertiary/aromatic N) is 3. The Morgan fingerprint density at radius 1 is 1.04 bits per heavy atom. The van der Waals surface area contributed by atoms with Crippen molar-refractivity contribution in [3.05, 3.63) is 62.3 Å². The van der Waals surface area contributed by atoms with Crippen LogP contribution >= 0.6 is 0 Å². The molecule has 0 aliphatic carbocycles. The number of anilines is 1. The SMILES string of the molecule is Cc1ccccc1Cn1c(N2CCCCC2)cc(=O)n(C)c1=O. The van der Waals surface area contributed by atoms with Crippen LogP contribution in [-0.4, -0.2) is 22.2 Å². The minimum atomic E-state index is -0.249. The van der Waals surface area contributed by atoms with Crippen molar-refractivity contribution in [3.63, 3.8) is 0 Å². The zero-order valence-corrected chi connectivity index (χ0v) is 13.8. The Kier molecular flexibility index (Phi) is 4.37. The monoisotopic (exact) mass is 313 g/mol. The Balaban J connectivity index is 2.10. The summed E-state index contributed by atoms with van der Waals surface area (Å²) in [5.41, 5.74) is 1.77. The first-order valence-corrected chi connectivity index (χ1v) is 8.18. The van der Waals surface area contributed by atoms with Crippen LogP contribution < -0.4 is 16.1 Å². The molecule has 5 nitrogen and oxygen atoms in total. The van der Waals surface area contributed by atoms with Gasteiger partial charge in [-0.25, -0.2) is 4.79 Å². The average Bonchev–Trinajstić information content (AvgIpc) is 2.57. The van der Waals surface area contributed by atoms with Gasteiger partial charge in [0.2, 0.25) is 0 Å². The molecule has 23 heavy (non-hydrogen) atoms. The maximum atomic E-state index is 12.7. The maximum absolute atomic E-state index is 12.7. The highest BCUT2D eigenvalue weighted by molar-refractivity contribution is 5.40. The number of rotatable bonds is 3. The van der Waals surface area contributed by atoms with Gasteiger partial charge in [0.25, 0.3) is 5.56 Å². The Bertz CT molecular complexity index is 814. The van der Waals surface area contributed by atoms with Crippen molar-refractivity contribution in [1.82, 2.24) is 9.13 Å². The second kappa shape index (κ2) is 6.44. The van der Waals surface area contributed by atoms with Crippen molar-refractivity contribution in [2.75, 3.05) is 18.0 Å². The normalized spacial score (nSPS) is 15.0. The van der Waals surface area contributed by atoms with Crippen molar-refractivity contribution < 1.29 is 0 Å². The summed E-state index contributed by atoms with van der Waals surface area (Å²) in [4.78, 5) is 26.9. The molecule has 1 aromatic carbocycles. The predicted octanol–water partition coefficient (Wildman–Crippen LogP) is 1.89. The lowest BCUT2D eigenvalue weighted by Gasteiger charge is -2.31. The van der Waals surface area contributed by atoms with Crippen molar-refractivity contribution in [1.29, 1.82) is 0 Å². The quantitative estimate of drug-likeness (QED) is 0.869. The molecule has 0 bridgehead atoms. The second-order valence-electron chi connectivity index (χ2n) is 6.24. The molecule has 3 rings (SSSR count). The summed E-state index contributed by atoms with van der Waals surface area (Å²) in [5.74, 6) is 0.751. The van der Waals surface area contributed by atoms with Crippen molar-refractivity contribution >= 4 is 5.82 Å². The van der Waals surface area contributed by atoms with E-state index in [0.29, 0.717) is 6.54 Å². The molecule has 1 aromatic heterocycles. The molecular weight excluding hydrogens is 290 g/mol. The van der Waals surface area contributed by atoms with Crippen LogP contribution in [0.3, 0.4) is 0 Å². The molecule has 0 radical (unpaired) electrons. The molecule has 0 saturated carbocycles. The van der Waals surface area contributed by atoms with E-state index in [1.54, 1.807) is 17.7 Å². The Morgan fingerprint density at radius 2 is 1.74 bits per heavy atom. The van der Waals surface area contributed by atoms with E-state index in [1.165, 1.54) is 11.0 Å². The fraction of sp³-hybridized carbons (Fsp3) is 0.444. The molecule has 0 amide bonds. The molecule has 1 aliphatic heterocycles. The molecule has 1 aliphatic rings. The van der Waals surface area contributed by atoms with E-state index in [4.69, 9.17) is 0 Å². The van der Waals surface area contributed by atoms with Gasteiger partial charge in [0.05, 0.1) is 6.54 Å². The summed E-state index contributed by atoms with van der Waals surface area (Å²) in [6, 6.07) is 9.66. The summed E-state index contributed by atoms with van der Waals surface area (Å²) in [6.07, 6.45) is 3.42. The number of aromatic nitrogens is 2. The van der Waals surface area contributed by atoms with E-state index in [2.05, 4.69) is 4.90 Å². The number of piperidine rings is 1. The first-order chi connectivity index (χ1) is 11.1. The molecule has 2 heterocycles. The molecule has 0 N–H and O–H groups in total. The predicted molar refractivity (Wildman–Crippen MR) is 92.3 cm³/mol. The van der Waals surface area contributed by atoms with E-state index in [0.717, 1.165) is 42.9 Å². The van der Waals surface area contributed by atoms with Crippen LogP contribution in [0.25, 0.3) is 0 Å². The first kappa shape index (κ1) is 15.6. The molecular formula is C18H23N3O2. The molecule has 122 valence electrons. The molecule has 0 spiro atoms. The van der Waals surface area contributed by atoms with Crippen LogP contribution in [-0.2, 0) is 13.6 Å². The van der Waals surface area contributed by atoms with Gasteiger partial charge in [-0.3, -0.25) is 13.9 Å². The summed E-state index contributed by atoms with van der Waals surface area (Å²) >= 11 is 0. The van der Waals surface area contributed by atoms with E-state index in [9.17, 15) is 9.59 Å². The van der Waals surface area contributed by atoms with E-state index >= 15 is 0 Å². The van der Waals surface area contributed by atoms with Gasteiger partial charge in [-0.15, -0.1) is 0 Å². The fourth-order valence-electron chi connectivity index (χ4n) is 3.15. The summed E-state index contributed by atoms with van der Waals surface area (Å²) in [7, 11) is 1.54. The molecule has 0 unspecified atom stereocenters. The van der Waals surface area contributed by atoms with Gasteiger partial charge in [-0.2, -0.15) is 0 Å². The number of hydrogen-bond donors (Lipinski definition) is 0. The largest absolute Gasteiger partial charge is 0.358 e. The molecule has 1 saturated heterocycles. The third kappa shape index (κ3) is 3.09. The van der Waals surface area contributed by atoms with Gasteiger partial charge in [0.1, 0.15) is 5.82 Å². The van der Waals surface area contributed by atoms with Crippen molar-refractivity contribution in [2.24, 2.45) is 7.05 Å². The van der Waals surface area contributed by atoms with Gasteiger partial charge in [0.15, 0.2) is 0 Å². The smallest absolute Gasteiger partial charge is 0.332 e. The van der Waals surface area contributed by atoms with Gasteiger partial charge in [0, 0.05) is 26.2 Å². The highest BCUT2D eigenvalue weighted by atomic mass is 16.2. The highest BCUT2D eigenvalue weighted by Gasteiger charge is 2.18. The molecule has 0 atom stereocenters.